The summed E-state index contributed by atoms with van der Waals surface area (Å²) in [4.78, 5) is 4.63. The molecule has 0 bridgehead atoms. The number of rotatable bonds is 9. The first-order chi connectivity index (χ1) is 31.5. The number of hydrogen-bond acceptors (Lipinski definition) is 4. The summed E-state index contributed by atoms with van der Waals surface area (Å²) in [5.74, 6) is 0.0543. The Labute approximate surface area is 372 Å². The van der Waals surface area contributed by atoms with E-state index in [1.807, 2.05) is 12.1 Å². The van der Waals surface area contributed by atoms with Crippen molar-refractivity contribution >= 4 is 89.4 Å². The molecule has 4 heteroatoms. The molecule has 0 fully saturated rings. The van der Waals surface area contributed by atoms with E-state index in [0.29, 0.717) is 0 Å². The van der Waals surface area contributed by atoms with Crippen molar-refractivity contribution < 1.29 is 10.2 Å². The number of phenolic OH excluding ortho intramolecular Hbond substituents is 2. The standard InChI is InChI=1S/C60H42N2O2/c63-57-38-50(39-58(64)40-57)59-15-7-14-49-37-56(32-33-60(49)59)62(55-31-24-45-10-3-6-13-48(45)36-55)52-27-20-42(21-28-52)17-16-41-18-25-51(26-19-41)61(53-29-22-43-8-1-4-11-46(43)34-53)54-30-23-44-9-2-5-12-47(44)35-54/h1-40,63-64H/b17-16+. The van der Waals surface area contributed by atoms with Crippen LogP contribution in [0.1, 0.15) is 11.1 Å². The molecule has 11 aromatic rings. The molecule has 11 rings (SSSR count). The van der Waals surface area contributed by atoms with Gasteiger partial charge in [-0.1, -0.05) is 152 Å². The summed E-state index contributed by atoms with van der Waals surface area (Å²) >= 11 is 0. The van der Waals surface area contributed by atoms with Crippen molar-refractivity contribution in [2.75, 3.05) is 9.80 Å². The first kappa shape index (κ1) is 38.3. The Balaban J connectivity index is 0.907. The Morgan fingerprint density at radius 2 is 0.641 bits per heavy atom. The van der Waals surface area contributed by atoms with Gasteiger partial charge in [-0.3, -0.25) is 0 Å². The van der Waals surface area contributed by atoms with Crippen LogP contribution in [0.4, 0.5) is 34.1 Å². The second-order valence-electron chi connectivity index (χ2n) is 16.2. The number of fused-ring (bicyclic) bond motifs is 4. The molecule has 0 aliphatic carbocycles. The van der Waals surface area contributed by atoms with Gasteiger partial charge in [0.1, 0.15) is 11.5 Å². The predicted molar refractivity (Wildman–Crippen MR) is 270 cm³/mol. The number of aromatic hydroxyl groups is 2. The van der Waals surface area contributed by atoms with Gasteiger partial charge in [-0.05, 0) is 150 Å². The lowest BCUT2D eigenvalue weighted by Crippen LogP contribution is -2.10. The van der Waals surface area contributed by atoms with Gasteiger partial charge in [0.2, 0.25) is 0 Å². The largest absolute Gasteiger partial charge is 0.508 e. The number of benzene rings is 11. The van der Waals surface area contributed by atoms with E-state index < -0.39 is 0 Å². The SMILES string of the molecule is Oc1cc(O)cc(-c2cccc3cc(N(c4ccc(/C=C/c5ccc(N(c6ccc7ccccc7c6)c6ccc7ccccc7c6)cc5)cc4)c4ccc5ccccc5c4)ccc23)c1. The summed E-state index contributed by atoms with van der Waals surface area (Å²) in [5, 5.41) is 29.8. The van der Waals surface area contributed by atoms with Crippen molar-refractivity contribution in [1.29, 1.82) is 0 Å². The van der Waals surface area contributed by atoms with Gasteiger partial charge in [0.15, 0.2) is 0 Å². The average molecular weight is 823 g/mol. The van der Waals surface area contributed by atoms with Crippen LogP contribution in [-0.4, -0.2) is 10.2 Å². The lowest BCUT2D eigenvalue weighted by atomic mass is 9.97. The van der Waals surface area contributed by atoms with E-state index in [1.54, 1.807) is 12.1 Å². The first-order valence-electron chi connectivity index (χ1n) is 21.5. The van der Waals surface area contributed by atoms with Gasteiger partial charge >= 0.3 is 0 Å². The third kappa shape index (κ3) is 7.55. The number of nitrogens with zero attached hydrogens (tertiary/aromatic N) is 2. The van der Waals surface area contributed by atoms with Crippen molar-refractivity contribution in [1.82, 2.24) is 0 Å². The highest BCUT2D eigenvalue weighted by molar-refractivity contribution is 6.00. The van der Waals surface area contributed by atoms with Crippen LogP contribution in [0.25, 0.3) is 66.4 Å². The second kappa shape index (κ2) is 16.4. The van der Waals surface area contributed by atoms with Crippen LogP contribution in [0.5, 0.6) is 11.5 Å². The first-order valence-corrected chi connectivity index (χ1v) is 21.5. The van der Waals surface area contributed by atoms with E-state index >= 15 is 0 Å². The molecule has 0 aromatic heterocycles. The fourth-order valence-electron chi connectivity index (χ4n) is 8.92. The summed E-state index contributed by atoms with van der Waals surface area (Å²) in [7, 11) is 0. The molecule has 64 heavy (non-hydrogen) atoms. The molecule has 0 heterocycles. The summed E-state index contributed by atoms with van der Waals surface area (Å²) in [6, 6.07) is 80.2. The quantitative estimate of drug-likeness (QED) is 0.142. The summed E-state index contributed by atoms with van der Waals surface area (Å²) < 4.78 is 0. The molecule has 11 aromatic carbocycles. The van der Waals surface area contributed by atoms with E-state index in [0.717, 1.165) is 67.2 Å². The minimum Gasteiger partial charge on any atom is -0.508 e. The third-order valence-corrected chi connectivity index (χ3v) is 12.1. The molecule has 0 amide bonds. The van der Waals surface area contributed by atoms with E-state index in [2.05, 4.69) is 222 Å². The molecule has 0 saturated heterocycles. The molecule has 0 unspecified atom stereocenters. The van der Waals surface area contributed by atoms with Crippen LogP contribution < -0.4 is 9.80 Å². The van der Waals surface area contributed by atoms with E-state index in [1.165, 1.54) is 38.4 Å². The van der Waals surface area contributed by atoms with E-state index in [4.69, 9.17) is 0 Å². The van der Waals surface area contributed by atoms with Gasteiger partial charge in [0.05, 0.1) is 0 Å². The minimum atomic E-state index is 0.0271. The Bertz CT molecular complexity index is 3440. The van der Waals surface area contributed by atoms with Crippen molar-refractivity contribution in [2.45, 2.75) is 0 Å². The maximum atomic E-state index is 10.3. The fourth-order valence-corrected chi connectivity index (χ4v) is 8.92. The normalized spacial score (nSPS) is 11.5. The number of anilines is 6. The zero-order chi connectivity index (χ0) is 43.0. The van der Waals surface area contributed by atoms with Crippen LogP contribution in [-0.2, 0) is 0 Å². The van der Waals surface area contributed by atoms with Crippen LogP contribution in [0.15, 0.2) is 231 Å². The zero-order valence-corrected chi connectivity index (χ0v) is 34.9. The van der Waals surface area contributed by atoms with Crippen molar-refractivity contribution in [3.8, 4) is 22.6 Å². The monoisotopic (exact) mass is 822 g/mol. The van der Waals surface area contributed by atoms with Gasteiger partial charge in [-0.25, -0.2) is 0 Å². The van der Waals surface area contributed by atoms with Crippen molar-refractivity contribution in [3.05, 3.63) is 242 Å². The summed E-state index contributed by atoms with van der Waals surface area (Å²) in [6.07, 6.45) is 4.34. The smallest absolute Gasteiger partial charge is 0.119 e. The van der Waals surface area contributed by atoms with Crippen LogP contribution in [0.3, 0.4) is 0 Å². The molecule has 2 N–H and O–H groups in total. The van der Waals surface area contributed by atoms with Crippen molar-refractivity contribution in [2.24, 2.45) is 0 Å². The second-order valence-corrected chi connectivity index (χ2v) is 16.2. The van der Waals surface area contributed by atoms with Crippen LogP contribution in [0.2, 0.25) is 0 Å². The summed E-state index contributed by atoms with van der Waals surface area (Å²) in [6.45, 7) is 0. The molecule has 4 nitrogen and oxygen atoms in total. The molecule has 0 atom stereocenters. The summed E-state index contributed by atoms with van der Waals surface area (Å²) in [5.41, 5.74) is 10.3. The highest BCUT2D eigenvalue weighted by atomic mass is 16.3. The molecule has 0 aliphatic heterocycles. The van der Waals surface area contributed by atoms with Gasteiger partial charge in [-0.2, -0.15) is 0 Å². The van der Waals surface area contributed by atoms with Crippen LogP contribution >= 0.6 is 0 Å². The zero-order valence-electron chi connectivity index (χ0n) is 34.9. The average Bonchev–Trinajstić information content (AvgIpc) is 3.33. The highest BCUT2D eigenvalue weighted by Crippen LogP contribution is 2.41. The maximum Gasteiger partial charge on any atom is 0.119 e. The Morgan fingerprint density at radius 3 is 1.08 bits per heavy atom. The molecular weight excluding hydrogens is 781 g/mol. The van der Waals surface area contributed by atoms with Crippen LogP contribution in [0, 0.1) is 0 Å². The lowest BCUT2D eigenvalue weighted by Gasteiger charge is -2.26. The topological polar surface area (TPSA) is 46.9 Å². The number of hydrogen-bond donors (Lipinski definition) is 2. The Morgan fingerprint density at radius 1 is 0.281 bits per heavy atom. The molecule has 304 valence electrons. The molecule has 0 saturated carbocycles. The number of phenols is 2. The van der Waals surface area contributed by atoms with E-state index in [9.17, 15) is 10.2 Å². The lowest BCUT2D eigenvalue weighted by molar-refractivity contribution is 0.451. The molecule has 0 spiro atoms. The maximum absolute atomic E-state index is 10.3. The minimum absolute atomic E-state index is 0.0271. The highest BCUT2D eigenvalue weighted by Gasteiger charge is 2.17. The predicted octanol–water partition coefficient (Wildman–Crippen LogP) is 16.5. The third-order valence-electron chi connectivity index (χ3n) is 12.1. The van der Waals surface area contributed by atoms with Crippen molar-refractivity contribution in [3.63, 3.8) is 0 Å². The van der Waals surface area contributed by atoms with E-state index in [-0.39, 0.29) is 11.5 Å². The molecule has 0 aliphatic rings. The molecule has 0 radical (unpaired) electrons. The fraction of sp³-hybridized carbons (Fsp3) is 0. The van der Waals surface area contributed by atoms with Gasteiger partial charge in [0.25, 0.3) is 0 Å². The van der Waals surface area contributed by atoms with Gasteiger partial charge in [-0.15, -0.1) is 0 Å². The van der Waals surface area contributed by atoms with Gasteiger partial charge < -0.3 is 20.0 Å². The molecular formula is C60H42N2O2. The van der Waals surface area contributed by atoms with Gasteiger partial charge in [0, 0.05) is 40.2 Å². The Hall–Kier alpha value is -8.60. The Kier molecular flexibility index (Phi) is 9.79.